The number of ether oxygens (including phenoxy) is 1. The highest BCUT2D eigenvalue weighted by atomic mass is 16.5. The largest absolute Gasteiger partial charge is 0.381 e. The lowest BCUT2D eigenvalue weighted by Gasteiger charge is -2.19. The predicted octanol–water partition coefficient (Wildman–Crippen LogP) is 1.20. The summed E-state index contributed by atoms with van der Waals surface area (Å²) in [4.78, 5) is 10.7. The molecule has 3 heterocycles. The summed E-state index contributed by atoms with van der Waals surface area (Å²) in [6.45, 7) is 5.14. The van der Waals surface area contributed by atoms with Crippen LogP contribution < -0.4 is 10.6 Å². The highest BCUT2D eigenvalue weighted by Crippen LogP contribution is 2.26. The third-order valence-electron chi connectivity index (χ3n) is 4.03. The quantitative estimate of drug-likeness (QED) is 0.855. The van der Waals surface area contributed by atoms with Crippen LogP contribution in [0.15, 0.2) is 12.4 Å². The van der Waals surface area contributed by atoms with Crippen LogP contribution >= 0.6 is 0 Å². The summed E-state index contributed by atoms with van der Waals surface area (Å²) in [5.74, 6) is 2.31. The van der Waals surface area contributed by atoms with E-state index in [0.717, 1.165) is 43.3 Å². The second-order valence-electron chi connectivity index (χ2n) is 5.87. The highest BCUT2D eigenvalue weighted by molar-refractivity contribution is 5.43. The molecule has 8 nitrogen and oxygen atoms in total. The summed E-state index contributed by atoms with van der Waals surface area (Å²) in [5.41, 5.74) is 6.84. The number of rotatable bonds is 6. The van der Waals surface area contributed by atoms with E-state index >= 15 is 0 Å². The number of hydrogen-bond acceptors (Lipinski definition) is 7. The Morgan fingerprint density at radius 2 is 2.30 bits per heavy atom. The van der Waals surface area contributed by atoms with E-state index in [0.29, 0.717) is 25.0 Å². The molecule has 8 heteroatoms. The second-order valence-corrected chi connectivity index (χ2v) is 5.87. The van der Waals surface area contributed by atoms with E-state index in [9.17, 15) is 0 Å². The molecule has 0 aliphatic carbocycles. The Morgan fingerprint density at radius 3 is 3.04 bits per heavy atom. The van der Waals surface area contributed by atoms with Crippen LogP contribution in [0.5, 0.6) is 0 Å². The predicted molar refractivity (Wildman–Crippen MR) is 87.0 cm³/mol. The number of nitrogens with zero attached hydrogens (tertiary/aromatic N) is 6. The van der Waals surface area contributed by atoms with Gasteiger partial charge in [0.2, 0.25) is 5.95 Å². The summed E-state index contributed by atoms with van der Waals surface area (Å²) in [6.07, 6.45) is 3.79. The molecule has 0 unspecified atom stereocenters. The molecule has 1 atom stereocenters. The third-order valence-corrected chi connectivity index (χ3v) is 4.03. The minimum absolute atomic E-state index is 0.297. The maximum Gasteiger partial charge on any atom is 0.222 e. The molecule has 1 aliphatic heterocycles. The molecule has 0 bridgehead atoms. The summed E-state index contributed by atoms with van der Waals surface area (Å²) >= 11 is 0. The molecule has 124 valence electrons. The number of nitrogen functional groups attached to an aromatic ring is 1. The van der Waals surface area contributed by atoms with Crippen LogP contribution in [0.3, 0.4) is 0 Å². The molecule has 0 radical (unpaired) electrons. The van der Waals surface area contributed by atoms with Crippen LogP contribution in [0.2, 0.25) is 0 Å². The third kappa shape index (κ3) is 3.58. The number of nitrogens with two attached hydrogens (primary N) is 1. The lowest BCUT2D eigenvalue weighted by Crippen LogP contribution is -2.22. The normalized spacial score (nSPS) is 17.6. The van der Waals surface area contributed by atoms with Crippen molar-refractivity contribution in [2.75, 3.05) is 30.9 Å². The van der Waals surface area contributed by atoms with Crippen LogP contribution in [-0.4, -0.2) is 45.0 Å². The molecule has 1 saturated heterocycles. The van der Waals surface area contributed by atoms with Gasteiger partial charge in [0.15, 0.2) is 5.82 Å². The van der Waals surface area contributed by atoms with E-state index < -0.39 is 0 Å². The number of hydrogen-bond donors (Lipinski definition) is 1. The van der Waals surface area contributed by atoms with Crippen LogP contribution in [0.4, 0.5) is 11.8 Å². The summed E-state index contributed by atoms with van der Waals surface area (Å²) in [5, 5.41) is 8.20. The maximum absolute atomic E-state index is 5.89. The van der Waals surface area contributed by atoms with Gasteiger partial charge >= 0.3 is 0 Å². The van der Waals surface area contributed by atoms with E-state index in [1.165, 1.54) is 0 Å². The Hall–Kier alpha value is -2.22. The summed E-state index contributed by atoms with van der Waals surface area (Å²) in [6, 6.07) is 2.00. The van der Waals surface area contributed by atoms with E-state index in [1.54, 1.807) is 6.33 Å². The van der Waals surface area contributed by atoms with Gasteiger partial charge in [-0.2, -0.15) is 4.98 Å². The Labute approximate surface area is 135 Å². The fraction of sp³-hybridized carbons (Fsp3) is 0.600. The van der Waals surface area contributed by atoms with Crippen molar-refractivity contribution in [1.82, 2.24) is 24.7 Å². The van der Waals surface area contributed by atoms with Gasteiger partial charge in [-0.3, -0.25) is 0 Å². The van der Waals surface area contributed by atoms with Gasteiger partial charge in [-0.25, -0.2) is 4.98 Å². The summed E-state index contributed by atoms with van der Waals surface area (Å²) < 4.78 is 7.51. The number of anilines is 2. The molecule has 0 spiro atoms. The molecule has 2 aromatic heterocycles. The van der Waals surface area contributed by atoms with Crippen molar-refractivity contribution in [2.24, 2.45) is 0 Å². The SMILES string of the molecule is CCCn1cnnc1CN(C)c1cc([C@H]2CCOC2)nc(N)n1. The zero-order valence-corrected chi connectivity index (χ0v) is 13.6. The lowest BCUT2D eigenvalue weighted by molar-refractivity contribution is 0.193. The van der Waals surface area contributed by atoms with Gasteiger partial charge in [0.1, 0.15) is 12.1 Å². The van der Waals surface area contributed by atoms with E-state index in [4.69, 9.17) is 10.5 Å². The highest BCUT2D eigenvalue weighted by Gasteiger charge is 2.21. The zero-order valence-electron chi connectivity index (χ0n) is 13.6. The topological polar surface area (TPSA) is 95.0 Å². The van der Waals surface area contributed by atoms with Crippen molar-refractivity contribution in [3.8, 4) is 0 Å². The zero-order chi connectivity index (χ0) is 16.2. The monoisotopic (exact) mass is 317 g/mol. The van der Waals surface area contributed by atoms with E-state index in [1.807, 2.05) is 18.0 Å². The molecule has 2 aromatic rings. The Bertz CT molecular complexity index is 651. The first-order valence-corrected chi connectivity index (χ1v) is 7.97. The van der Waals surface area contributed by atoms with Crippen molar-refractivity contribution < 1.29 is 4.74 Å². The van der Waals surface area contributed by atoms with Gasteiger partial charge in [0.25, 0.3) is 0 Å². The standard InChI is InChI=1S/C15H23N7O/c1-3-5-22-10-17-20-14(22)8-21(2)13-7-12(18-15(16)19-13)11-4-6-23-9-11/h7,10-11H,3-6,8-9H2,1-2H3,(H2,16,18,19)/t11-/m0/s1. The average molecular weight is 317 g/mol. The molecule has 0 saturated carbocycles. The molecule has 1 aliphatic rings. The minimum Gasteiger partial charge on any atom is -0.381 e. The van der Waals surface area contributed by atoms with Crippen LogP contribution in [0.1, 0.15) is 37.2 Å². The van der Waals surface area contributed by atoms with Gasteiger partial charge < -0.3 is 19.9 Å². The summed E-state index contributed by atoms with van der Waals surface area (Å²) in [7, 11) is 1.97. The van der Waals surface area contributed by atoms with Crippen molar-refractivity contribution >= 4 is 11.8 Å². The Morgan fingerprint density at radius 1 is 1.43 bits per heavy atom. The van der Waals surface area contributed by atoms with Gasteiger partial charge in [0.05, 0.1) is 18.8 Å². The van der Waals surface area contributed by atoms with Gasteiger partial charge in [-0.05, 0) is 12.8 Å². The smallest absolute Gasteiger partial charge is 0.222 e. The van der Waals surface area contributed by atoms with Crippen molar-refractivity contribution in [3.05, 3.63) is 23.9 Å². The molecule has 0 aromatic carbocycles. The first-order chi connectivity index (χ1) is 11.2. The van der Waals surface area contributed by atoms with Crippen LogP contribution in [-0.2, 0) is 17.8 Å². The van der Waals surface area contributed by atoms with Crippen LogP contribution in [0, 0.1) is 0 Å². The molecule has 3 rings (SSSR count). The van der Waals surface area contributed by atoms with Crippen LogP contribution in [0.25, 0.3) is 0 Å². The molecule has 23 heavy (non-hydrogen) atoms. The molecular formula is C15H23N7O. The first kappa shape index (κ1) is 15.7. The number of aryl methyl sites for hydroxylation is 1. The van der Waals surface area contributed by atoms with Gasteiger partial charge in [-0.15, -0.1) is 10.2 Å². The molecular weight excluding hydrogens is 294 g/mol. The molecule has 1 fully saturated rings. The maximum atomic E-state index is 5.89. The average Bonchev–Trinajstić information content (AvgIpc) is 3.19. The van der Waals surface area contributed by atoms with Crippen molar-refractivity contribution in [3.63, 3.8) is 0 Å². The Balaban J connectivity index is 1.78. The second kappa shape index (κ2) is 6.91. The number of aromatic nitrogens is 5. The lowest BCUT2D eigenvalue weighted by atomic mass is 10.0. The fourth-order valence-corrected chi connectivity index (χ4v) is 2.77. The van der Waals surface area contributed by atoms with E-state index in [-0.39, 0.29) is 0 Å². The van der Waals surface area contributed by atoms with Gasteiger partial charge in [0, 0.05) is 32.2 Å². The van der Waals surface area contributed by atoms with Gasteiger partial charge in [-0.1, -0.05) is 6.92 Å². The fourth-order valence-electron chi connectivity index (χ4n) is 2.77. The molecule has 2 N–H and O–H groups in total. The van der Waals surface area contributed by atoms with Crippen molar-refractivity contribution in [2.45, 2.75) is 38.8 Å². The first-order valence-electron chi connectivity index (χ1n) is 7.97. The van der Waals surface area contributed by atoms with Crippen molar-refractivity contribution in [1.29, 1.82) is 0 Å². The minimum atomic E-state index is 0.297. The molecule has 0 amide bonds. The Kier molecular flexibility index (Phi) is 4.71. The van der Waals surface area contributed by atoms with E-state index in [2.05, 4.69) is 31.7 Å².